The molecular weight excluding hydrogens is 162 g/mol. The van der Waals surface area contributed by atoms with Crippen LogP contribution in [0.1, 0.15) is 27.3 Å². The number of rotatable bonds is 2. The first kappa shape index (κ1) is 8.20. The normalized spacial score (nSPS) is 10.0. The van der Waals surface area contributed by atoms with Gasteiger partial charge < -0.3 is 9.90 Å². The van der Waals surface area contributed by atoms with Gasteiger partial charge in [0.2, 0.25) is 0 Å². The van der Waals surface area contributed by atoms with Gasteiger partial charge in [-0.15, -0.1) is 11.3 Å². The van der Waals surface area contributed by atoms with Crippen molar-refractivity contribution < 1.29 is 9.90 Å². The molecule has 0 bridgehead atoms. The van der Waals surface area contributed by atoms with Gasteiger partial charge in [-0.2, -0.15) is 0 Å². The molecule has 0 radical (unpaired) electrons. The molecule has 0 aromatic carbocycles. The Morgan fingerprint density at radius 3 is 2.73 bits per heavy atom. The molecule has 0 N–H and O–H groups in total. The van der Waals surface area contributed by atoms with Crippen molar-refractivity contribution in [3.05, 3.63) is 15.6 Å². The number of carboxylic acid groups (broad SMARTS) is 1. The minimum Gasteiger partial charge on any atom is -0.544 e. The second kappa shape index (κ2) is 3.00. The molecule has 0 aliphatic heterocycles. The Labute approximate surface area is 68.7 Å². The lowest BCUT2D eigenvalue weighted by Crippen LogP contribution is -2.22. The molecule has 1 rings (SSSR count). The van der Waals surface area contributed by atoms with Crippen LogP contribution in [0.2, 0.25) is 0 Å². The van der Waals surface area contributed by atoms with E-state index < -0.39 is 5.97 Å². The Hall–Kier alpha value is -0.900. The van der Waals surface area contributed by atoms with Gasteiger partial charge in [-0.05, 0) is 13.3 Å². The number of thiazole rings is 1. The summed E-state index contributed by atoms with van der Waals surface area (Å²) in [7, 11) is 0. The van der Waals surface area contributed by atoms with Crippen molar-refractivity contribution in [2.75, 3.05) is 0 Å². The minimum atomic E-state index is -1.12. The van der Waals surface area contributed by atoms with E-state index >= 15 is 0 Å². The Kier molecular flexibility index (Phi) is 2.24. The van der Waals surface area contributed by atoms with Gasteiger partial charge in [-0.25, -0.2) is 4.98 Å². The lowest BCUT2D eigenvalue weighted by molar-refractivity contribution is -0.254. The molecule has 60 valence electrons. The summed E-state index contributed by atoms with van der Waals surface area (Å²) in [5, 5.41) is 11.2. The molecule has 0 spiro atoms. The molecule has 0 atom stereocenters. The summed E-state index contributed by atoms with van der Waals surface area (Å²) in [5.74, 6) is -1.12. The van der Waals surface area contributed by atoms with Crippen molar-refractivity contribution in [3.63, 3.8) is 0 Å². The molecule has 0 unspecified atom stereocenters. The molecule has 0 aliphatic carbocycles. The van der Waals surface area contributed by atoms with Crippen LogP contribution >= 0.6 is 11.3 Å². The van der Waals surface area contributed by atoms with Gasteiger partial charge in [0, 0.05) is 0 Å². The maximum atomic E-state index is 10.5. The Bertz CT molecular complexity index is 280. The van der Waals surface area contributed by atoms with E-state index in [0.717, 1.165) is 5.01 Å². The summed E-state index contributed by atoms with van der Waals surface area (Å²) in [4.78, 5) is 14.8. The van der Waals surface area contributed by atoms with Crippen LogP contribution in [0.3, 0.4) is 0 Å². The highest BCUT2D eigenvalue weighted by Gasteiger charge is 2.06. The van der Waals surface area contributed by atoms with E-state index in [1.54, 1.807) is 6.92 Å². The summed E-state index contributed by atoms with van der Waals surface area (Å²) in [5.41, 5.74) is 0.632. The molecule has 1 heterocycles. The van der Waals surface area contributed by atoms with Crippen LogP contribution in [-0.2, 0) is 6.42 Å². The fourth-order valence-electron chi connectivity index (χ4n) is 0.869. The predicted octanol–water partition coefficient (Wildman–Crippen LogP) is 0.377. The third-order valence-corrected chi connectivity index (χ3v) is 2.32. The fraction of sp³-hybridized carbons (Fsp3) is 0.429. The lowest BCUT2D eigenvalue weighted by atomic mass is 10.3. The van der Waals surface area contributed by atoms with Crippen LogP contribution in [0.15, 0.2) is 0 Å². The third-order valence-electron chi connectivity index (χ3n) is 1.32. The number of carboxylic acids is 1. The largest absolute Gasteiger partial charge is 0.544 e. The second-order valence-corrected chi connectivity index (χ2v) is 3.35. The van der Waals surface area contributed by atoms with Gasteiger partial charge in [-0.1, -0.05) is 6.92 Å². The van der Waals surface area contributed by atoms with E-state index in [1.807, 2.05) is 6.92 Å². The summed E-state index contributed by atoms with van der Waals surface area (Å²) in [6, 6.07) is 0. The monoisotopic (exact) mass is 170 g/mol. The Morgan fingerprint density at radius 1 is 1.73 bits per heavy atom. The molecule has 1 aromatic heterocycles. The van der Waals surface area contributed by atoms with Crippen LogP contribution in [0.25, 0.3) is 0 Å². The van der Waals surface area contributed by atoms with E-state index in [0.29, 0.717) is 12.1 Å². The molecule has 0 saturated carbocycles. The molecule has 0 aliphatic rings. The van der Waals surface area contributed by atoms with Crippen LogP contribution in [0.5, 0.6) is 0 Å². The zero-order chi connectivity index (χ0) is 8.43. The number of aromatic carboxylic acids is 1. The maximum absolute atomic E-state index is 10.5. The van der Waals surface area contributed by atoms with Gasteiger partial charge in [0.25, 0.3) is 0 Å². The first-order chi connectivity index (χ1) is 5.15. The van der Waals surface area contributed by atoms with E-state index in [4.69, 9.17) is 0 Å². The second-order valence-electron chi connectivity index (χ2n) is 2.15. The number of aryl methyl sites for hydroxylation is 2. The average Bonchev–Trinajstić information content (AvgIpc) is 2.30. The zero-order valence-electron chi connectivity index (χ0n) is 6.38. The van der Waals surface area contributed by atoms with Crippen LogP contribution in [0.4, 0.5) is 0 Å². The van der Waals surface area contributed by atoms with Crippen molar-refractivity contribution >= 4 is 17.3 Å². The number of aromatic nitrogens is 1. The molecule has 0 amide bonds. The van der Waals surface area contributed by atoms with E-state index in [9.17, 15) is 9.90 Å². The number of carbonyl (C=O) groups is 1. The van der Waals surface area contributed by atoms with Crippen LogP contribution in [-0.4, -0.2) is 11.0 Å². The van der Waals surface area contributed by atoms with E-state index in [1.165, 1.54) is 11.3 Å². The average molecular weight is 170 g/mol. The smallest absolute Gasteiger partial charge is 0.0904 e. The molecule has 0 fully saturated rings. The summed E-state index contributed by atoms with van der Waals surface area (Å²) >= 11 is 1.17. The molecular formula is C7H8NO2S-. The molecule has 1 aromatic rings. The lowest BCUT2D eigenvalue weighted by Gasteiger charge is -1.97. The molecule has 0 saturated heterocycles. The number of carbonyl (C=O) groups excluding carboxylic acids is 1. The Balaban J connectivity index is 3.12. The quantitative estimate of drug-likeness (QED) is 0.644. The van der Waals surface area contributed by atoms with Crippen molar-refractivity contribution in [2.24, 2.45) is 0 Å². The van der Waals surface area contributed by atoms with Gasteiger partial charge in [-0.3, -0.25) is 0 Å². The number of nitrogens with zero attached hydrogens (tertiary/aromatic N) is 1. The molecule has 3 nitrogen and oxygen atoms in total. The standard InChI is InChI=1S/C7H9NO2S/c1-3-5-6(7(9)10)11-4(2)8-5/h3H2,1-2H3,(H,9,10)/p-1. The van der Waals surface area contributed by atoms with Gasteiger partial charge in [0.15, 0.2) is 0 Å². The van der Waals surface area contributed by atoms with Gasteiger partial charge in [0.05, 0.1) is 21.5 Å². The third kappa shape index (κ3) is 1.57. The van der Waals surface area contributed by atoms with Crippen molar-refractivity contribution in [3.8, 4) is 0 Å². The van der Waals surface area contributed by atoms with Crippen molar-refractivity contribution in [1.82, 2.24) is 4.98 Å². The SMILES string of the molecule is CCc1nc(C)sc1C(=O)[O-]. The fourth-order valence-corrected chi connectivity index (χ4v) is 1.71. The zero-order valence-corrected chi connectivity index (χ0v) is 7.20. The first-order valence-corrected chi connectivity index (χ1v) is 4.14. The minimum absolute atomic E-state index is 0.269. The van der Waals surface area contributed by atoms with Crippen LogP contribution < -0.4 is 5.11 Å². The highest BCUT2D eigenvalue weighted by atomic mass is 32.1. The highest BCUT2D eigenvalue weighted by Crippen LogP contribution is 2.16. The number of hydrogen-bond acceptors (Lipinski definition) is 4. The van der Waals surface area contributed by atoms with Crippen molar-refractivity contribution in [1.29, 1.82) is 0 Å². The predicted molar refractivity (Wildman–Crippen MR) is 40.6 cm³/mol. The van der Waals surface area contributed by atoms with Gasteiger partial charge >= 0.3 is 0 Å². The summed E-state index contributed by atoms with van der Waals surface area (Å²) in [6.07, 6.45) is 0.646. The first-order valence-electron chi connectivity index (χ1n) is 3.32. The Morgan fingerprint density at radius 2 is 2.36 bits per heavy atom. The maximum Gasteiger partial charge on any atom is 0.0904 e. The van der Waals surface area contributed by atoms with E-state index in [2.05, 4.69) is 4.98 Å². The van der Waals surface area contributed by atoms with Gasteiger partial charge in [0.1, 0.15) is 0 Å². The van der Waals surface area contributed by atoms with Crippen molar-refractivity contribution in [2.45, 2.75) is 20.3 Å². The highest BCUT2D eigenvalue weighted by molar-refractivity contribution is 7.13. The summed E-state index contributed by atoms with van der Waals surface area (Å²) in [6.45, 7) is 3.66. The van der Waals surface area contributed by atoms with Crippen LogP contribution in [0, 0.1) is 6.92 Å². The summed E-state index contributed by atoms with van der Waals surface area (Å²) < 4.78 is 0. The molecule has 4 heteroatoms. The topological polar surface area (TPSA) is 53.0 Å². The van der Waals surface area contributed by atoms with E-state index in [-0.39, 0.29) is 4.88 Å². The molecule has 11 heavy (non-hydrogen) atoms. The number of hydrogen-bond donors (Lipinski definition) is 0.